The summed E-state index contributed by atoms with van der Waals surface area (Å²) in [4.78, 5) is 26.0. The van der Waals surface area contributed by atoms with Crippen molar-refractivity contribution in [3.05, 3.63) is 42.5 Å². The largest absolute Gasteiger partial charge is 0.486 e. The van der Waals surface area contributed by atoms with Gasteiger partial charge in [0.25, 0.3) is 0 Å². The average Bonchev–Trinajstić information content (AvgIpc) is 3.34. The Labute approximate surface area is 207 Å². The van der Waals surface area contributed by atoms with Crippen LogP contribution in [0.3, 0.4) is 0 Å². The number of nitriles is 2. The number of rotatable bonds is 7. The predicted octanol–water partition coefficient (Wildman–Crippen LogP) is 3.16. The Kier molecular flexibility index (Phi) is 7.35. The van der Waals surface area contributed by atoms with E-state index in [-0.39, 0.29) is 43.3 Å². The zero-order chi connectivity index (χ0) is 25.7. The molecule has 2 atom stereocenters. The standard InChI is InChI=1S/C24H24FN9O2/c1-15(2)34-12-18(11-30-34)31-24-29-14-28-23(32-24)16-3-4-20(17(9-16)10-27)36-21-6-8-33(13-19(21)25)22(35)5-7-26/h3-4,9,11-12,14-15,19,21H,5-6,8,13H2,1-2H3,(H,28,29,31,32)/t19-,21+/m1/s1. The summed E-state index contributed by atoms with van der Waals surface area (Å²) in [6, 6.07) is 8.91. The number of halogens is 1. The molecule has 0 aliphatic carbocycles. The third-order valence-electron chi connectivity index (χ3n) is 5.66. The van der Waals surface area contributed by atoms with Crippen LogP contribution < -0.4 is 10.1 Å². The zero-order valence-corrected chi connectivity index (χ0v) is 19.8. The quantitative estimate of drug-likeness (QED) is 0.529. The van der Waals surface area contributed by atoms with Crippen LogP contribution in [0.5, 0.6) is 5.75 Å². The summed E-state index contributed by atoms with van der Waals surface area (Å²) < 4.78 is 22.3. The van der Waals surface area contributed by atoms with E-state index in [1.54, 1.807) is 35.1 Å². The van der Waals surface area contributed by atoms with Crippen molar-refractivity contribution < 1.29 is 13.9 Å². The molecule has 1 aromatic carbocycles. The Balaban J connectivity index is 1.47. The van der Waals surface area contributed by atoms with Gasteiger partial charge in [0.05, 0.1) is 30.1 Å². The average molecular weight is 490 g/mol. The van der Waals surface area contributed by atoms with E-state index >= 15 is 0 Å². The number of nitrogens with one attached hydrogen (secondary N) is 1. The Hall–Kier alpha value is -4.58. The first-order valence-corrected chi connectivity index (χ1v) is 11.4. The van der Waals surface area contributed by atoms with E-state index in [4.69, 9.17) is 10.00 Å². The van der Waals surface area contributed by atoms with Crippen molar-refractivity contribution in [2.45, 2.75) is 45.0 Å². The predicted molar refractivity (Wildman–Crippen MR) is 127 cm³/mol. The zero-order valence-electron chi connectivity index (χ0n) is 19.8. The van der Waals surface area contributed by atoms with Crippen LogP contribution in [0.1, 0.15) is 38.3 Å². The number of piperidine rings is 1. The molecule has 184 valence electrons. The molecule has 4 rings (SSSR count). The molecule has 0 spiro atoms. The topological polar surface area (TPSA) is 146 Å². The fraction of sp³-hybridized carbons (Fsp3) is 0.375. The van der Waals surface area contributed by atoms with Crippen LogP contribution in [-0.4, -0.2) is 60.9 Å². The second-order valence-electron chi connectivity index (χ2n) is 8.52. The van der Waals surface area contributed by atoms with Crippen LogP contribution in [-0.2, 0) is 4.79 Å². The molecule has 1 N–H and O–H groups in total. The number of likely N-dealkylation sites (tertiary alicyclic amines) is 1. The number of carbonyl (C=O) groups is 1. The van der Waals surface area contributed by atoms with Crippen molar-refractivity contribution in [2.24, 2.45) is 0 Å². The van der Waals surface area contributed by atoms with Crippen LogP contribution in [0.2, 0.25) is 0 Å². The first-order chi connectivity index (χ1) is 17.4. The highest BCUT2D eigenvalue weighted by Crippen LogP contribution is 2.28. The van der Waals surface area contributed by atoms with E-state index in [2.05, 4.69) is 31.4 Å². The maximum Gasteiger partial charge on any atom is 0.236 e. The van der Waals surface area contributed by atoms with Crippen LogP contribution >= 0.6 is 0 Å². The molecule has 0 unspecified atom stereocenters. The lowest BCUT2D eigenvalue weighted by Gasteiger charge is -2.34. The lowest BCUT2D eigenvalue weighted by molar-refractivity contribution is -0.134. The lowest BCUT2D eigenvalue weighted by atomic mass is 10.0. The van der Waals surface area contributed by atoms with Crippen molar-refractivity contribution in [1.29, 1.82) is 10.5 Å². The van der Waals surface area contributed by atoms with Crippen LogP contribution in [0, 0.1) is 22.7 Å². The van der Waals surface area contributed by atoms with E-state index in [0.29, 0.717) is 17.3 Å². The molecule has 2 aromatic heterocycles. The minimum absolute atomic E-state index is 0.151. The Morgan fingerprint density at radius 1 is 1.33 bits per heavy atom. The van der Waals surface area contributed by atoms with E-state index in [9.17, 15) is 14.4 Å². The molecule has 3 heterocycles. The van der Waals surface area contributed by atoms with Gasteiger partial charge in [-0.05, 0) is 32.0 Å². The second-order valence-corrected chi connectivity index (χ2v) is 8.52. The maximum atomic E-state index is 14.7. The summed E-state index contributed by atoms with van der Waals surface area (Å²) in [5, 5.41) is 25.7. The molecule has 11 nitrogen and oxygen atoms in total. The molecule has 1 aliphatic heterocycles. The molecule has 36 heavy (non-hydrogen) atoms. The summed E-state index contributed by atoms with van der Waals surface area (Å²) in [6.45, 7) is 4.17. The van der Waals surface area contributed by atoms with Gasteiger partial charge in [-0.25, -0.2) is 14.4 Å². The first kappa shape index (κ1) is 24.5. The fourth-order valence-corrected chi connectivity index (χ4v) is 3.75. The number of nitrogens with zero attached hydrogens (tertiary/aromatic N) is 8. The van der Waals surface area contributed by atoms with Gasteiger partial charge in [-0.1, -0.05) is 0 Å². The second kappa shape index (κ2) is 10.8. The molecule has 1 saturated heterocycles. The van der Waals surface area contributed by atoms with Gasteiger partial charge in [0.2, 0.25) is 11.9 Å². The van der Waals surface area contributed by atoms with Gasteiger partial charge in [-0.2, -0.15) is 20.6 Å². The van der Waals surface area contributed by atoms with E-state index in [0.717, 1.165) is 5.69 Å². The molecular formula is C24H24FN9O2. The van der Waals surface area contributed by atoms with Crippen LogP contribution in [0.4, 0.5) is 16.0 Å². The maximum absolute atomic E-state index is 14.7. The number of amides is 1. The molecule has 0 bridgehead atoms. The minimum Gasteiger partial charge on any atom is -0.486 e. The highest BCUT2D eigenvalue weighted by molar-refractivity contribution is 5.78. The van der Waals surface area contributed by atoms with Gasteiger partial charge in [0.15, 0.2) is 12.0 Å². The molecule has 0 radical (unpaired) electrons. The number of alkyl halides is 1. The van der Waals surface area contributed by atoms with Gasteiger partial charge >= 0.3 is 0 Å². The minimum atomic E-state index is -1.44. The van der Waals surface area contributed by atoms with Crippen molar-refractivity contribution in [1.82, 2.24) is 29.6 Å². The highest BCUT2D eigenvalue weighted by atomic mass is 19.1. The lowest BCUT2D eigenvalue weighted by Crippen LogP contribution is -2.49. The molecule has 3 aromatic rings. The third kappa shape index (κ3) is 5.55. The molecule has 0 saturated carbocycles. The highest BCUT2D eigenvalue weighted by Gasteiger charge is 2.33. The van der Waals surface area contributed by atoms with Gasteiger partial charge in [0.1, 0.15) is 30.7 Å². The number of hydrogen-bond donors (Lipinski definition) is 1. The van der Waals surface area contributed by atoms with Gasteiger partial charge < -0.3 is 15.0 Å². The summed E-state index contributed by atoms with van der Waals surface area (Å²) in [5.41, 5.74) is 1.50. The number of anilines is 2. The first-order valence-electron chi connectivity index (χ1n) is 11.4. The van der Waals surface area contributed by atoms with E-state index in [1.807, 2.05) is 20.0 Å². The number of aromatic nitrogens is 5. The normalized spacial score (nSPS) is 17.3. The van der Waals surface area contributed by atoms with Gasteiger partial charge in [-0.3, -0.25) is 9.48 Å². The summed E-state index contributed by atoms with van der Waals surface area (Å²) in [6.07, 6.45) is 2.60. The Morgan fingerprint density at radius 3 is 2.86 bits per heavy atom. The van der Waals surface area contributed by atoms with Gasteiger partial charge in [0, 0.05) is 30.8 Å². The summed E-state index contributed by atoms with van der Waals surface area (Å²) in [7, 11) is 0. The molecule has 1 amide bonds. The molecular weight excluding hydrogens is 465 g/mol. The van der Waals surface area contributed by atoms with Crippen LogP contribution in [0.15, 0.2) is 36.9 Å². The number of ether oxygens (including phenoxy) is 1. The summed E-state index contributed by atoms with van der Waals surface area (Å²) >= 11 is 0. The Morgan fingerprint density at radius 2 is 2.17 bits per heavy atom. The summed E-state index contributed by atoms with van der Waals surface area (Å²) in [5.74, 6) is 0.499. The number of hydrogen-bond acceptors (Lipinski definition) is 9. The van der Waals surface area contributed by atoms with E-state index in [1.165, 1.54) is 11.2 Å². The SMILES string of the molecule is CC(C)n1cc(Nc2ncnc(-c3ccc(O[C@H]4CCN(C(=O)CC#N)C[C@H]4F)c(C#N)c3)n2)cn1. The molecule has 1 aliphatic rings. The van der Waals surface area contributed by atoms with Gasteiger partial charge in [-0.15, -0.1) is 0 Å². The van der Waals surface area contributed by atoms with Crippen molar-refractivity contribution >= 4 is 17.5 Å². The number of carbonyl (C=O) groups excluding carboxylic acids is 1. The molecule has 12 heteroatoms. The monoisotopic (exact) mass is 489 g/mol. The number of benzene rings is 1. The fourth-order valence-electron chi connectivity index (χ4n) is 3.75. The van der Waals surface area contributed by atoms with E-state index < -0.39 is 18.2 Å². The van der Waals surface area contributed by atoms with Crippen molar-refractivity contribution in [2.75, 3.05) is 18.4 Å². The smallest absolute Gasteiger partial charge is 0.236 e. The van der Waals surface area contributed by atoms with Crippen molar-refractivity contribution in [3.63, 3.8) is 0 Å². The molecule has 1 fully saturated rings. The Bertz CT molecular complexity index is 1330. The van der Waals surface area contributed by atoms with Crippen molar-refractivity contribution in [3.8, 4) is 29.3 Å². The third-order valence-corrected chi connectivity index (χ3v) is 5.66. The van der Waals surface area contributed by atoms with Crippen LogP contribution in [0.25, 0.3) is 11.4 Å².